The van der Waals surface area contributed by atoms with Crippen LogP contribution in [0, 0.1) is 0 Å². The largest absolute Gasteiger partial charge is 0.346 e. The number of halogens is 1. The summed E-state index contributed by atoms with van der Waals surface area (Å²) in [5.41, 5.74) is -0.677. The van der Waals surface area contributed by atoms with Gasteiger partial charge in [-0.1, -0.05) is 11.6 Å². The van der Waals surface area contributed by atoms with Crippen LogP contribution in [0.1, 0.15) is 13.8 Å². The minimum absolute atomic E-state index is 0.0385. The van der Waals surface area contributed by atoms with Crippen LogP contribution in [0.15, 0.2) is 29.2 Å². The lowest BCUT2D eigenvalue weighted by Crippen LogP contribution is -2.11. The fraction of sp³-hybridized carbons (Fsp3) is 0.455. The second-order valence-electron chi connectivity index (χ2n) is 3.64. The molecule has 0 aromatic heterocycles. The van der Waals surface area contributed by atoms with E-state index < -0.39 is 22.9 Å². The lowest BCUT2D eigenvalue weighted by atomic mass is 10.4. The molecule has 0 saturated heterocycles. The van der Waals surface area contributed by atoms with E-state index in [0.29, 0.717) is 5.02 Å². The second-order valence-corrected chi connectivity index (χ2v) is 8.55. The van der Waals surface area contributed by atoms with E-state index in [2.05, 4.69) is 0 Å². The zero-order valence-corrected chi connectivity index (χ0v) is 13.2. The van der Waals surface area contributed by atoms with Crippen LogP contribution in [0.5, 0.6) is 0 Å². The molecule has 0 saturated carbocycles. The van der Waals surface area contributed by atoms with Gasteiger partial charge in [-0.05, 0) is 38.1 Å². The molecule has 0 N–H and O–H groups in total. The third-order valence-electron chi connectivity index (χ3n) is 2.15. The average Bonchev–Trinajstić information content (AvgIpc) is 2.28. The molecule has 0 heterocycles. The standard InChI is InChI=1S/C11H16ClO5PS/c1-3-16-18(13,17-4-2)9-19(14,15)11-7-5-10(12)6-8-11/h5-8H,3-4,9H2,1-2H3. The summed E-state index contributed by atoms with van der Waals surface area (Å²) in [7, 11) is -7.39. The Labute approximate surface area is 118 Å². The molecule has 0 radical (unpaired) electrons. The summed E-state index contributed by atoms with van der Waals surface area (Å²) in [5, 5.41) is 0.428. The molecular formula is C11H16ClO5PS. The first-order valence-corrected chi connectivity index (χ1v) is 9.45. The Morgan fingerprint density at radius 3 is 2.00 bits per heavy atom. The molecule has 0 bridgehead atoms. The van der Waals surface area contributed by atoms with Gasteiger partial charge in [0.05, 0.1) is 18.1 Å². The van der Waals surface area contributed by atoms with Crippen molar-refractivity contribution in [3.8, 4) is 0 Å². The molecule has 5 nitrogen and oxygen atoms in total. The molecule has 0 atom stereocenters. The number of benzene rings is 1. The molecule has 0 aliphatic rings. The van der Waals surface area contributed by atoms with Crippen LogP contribution < -0.4 is 0 Å². The fourth-order valence-corrected chi connectivity index (χ4v) is 5.83. The molecule has 0 amide bonds. The highest BCUT2D eigenvalue weighted by molar-refractivity contribution is 7.97. The van der Waals surface area contributed by atoms with E-state index in [1.807, 2.05) is 0 Å². The van der Waals surface area contributed by atoms with Crippen molar-refractivity contribution in [1.82, 2.24) is 0 Å². The summed E-state index contributed by atoms with van der Waals surface area (Å²) in [6, 6.07) is 5.64. The van der Waals surface area contributed by atoms with E-state index in [4.69, 9.17) is 20.6 Å². The van der Waals surface area contributed by atoms with Crippen molar-refractivity contribution < 1.29 is 22.0 Å². The molecule has 1 aromatic carbocycles. The fourth-order valence-electron chi connectivity index (χ4n) is 1.43. The summed E-state index contributed by atoms with van der Waals surface area (Å²) in [6.45, 7) is 3.49. The van der Waals surface area contributed by atoms with Gasteiger partial charge >= 0.3 is 7.60 Å². The zero-order valence-electron chi connectivity index (χ0n) is 10.7. The maximum atomic E-state index is 12.2. The maximum Gasteiger partial charge on any atom is 0.346 e. The number of hydrogen-bond acceptors (Lipinski definition) is 5. The van der Waals surface area contributed by atoms with Crippen molar-refractivity contribution in [3.05, 3.63) is 29.3 Å². The molecule has 0 fully saturated rings. The van der Waals surface area contributed by atoms with E-state index >= 15 is 0 Å². The van der Waals surface area contributed by atoms with E-state index in [1.165, 1.54) is 24.3 Å². The highest BCUT2D eigenvalue weighted by Gasteiger charge is 2.32. The minimum atomic E-state index is -3.75. The number of rotatable bonds is 7. The SMILES string of the molecule is CCOP(=O)(CS(=O)(=O)c1ccc(Cl)cc1)OCC. The molecule has 0 spiro atoms. The van der Waals surface area contributed by atoms with E-state index in [0.717, 1.165) is 0 Å². The van der Waals surface area contributed by atoms with Crippen molar-refractivity contribution in [2.75, 3.05) is 18.7 Å². The third kappa shape index (κ3) is 4.89. The quantitative estimate of drug-likeness (QED) is 0.719. The predicted molar refractivity (Wildman–Crippen MR) is 74.4 cm³/mol. The van der Waals surface area contributed by atoms with Crippen molar-refractivity contribution >= 4 is 29.0 Å². The van der Waals surface area contributed by atoms with E-state index in [-0.39, 0.29) is 18.1 Å². The Morgan fingerprint density at radius 2 is 1.58 bits per heavy atom. The highest BCUT2D eigenvalue weighted by atomic mass is 35.5. The van der Waals surface area contributed by atoms with Gasteiger partial charge in [0.15, 0.2) is 15.3 Å². The molecular weight excluding hydrogens is 311 g/mol. The van der Waals surface area contributed by atoms with Gasteiger partial charge in [-0.3, -0.25) is 4.57 Å². The van der Waals surface area contributed by atoms with Gasteiger partial charge in [-0.25, -0.2) is 8.42 Å². The summed E-state index contributed by atoms with van der Waals surface area (Å²) in [6.07, 6.45) is 0. The van der Waals surface area contributed by atoms with Gasteiger partial charge in [0.2, 0.25) is 0 Å². The van der Waals surface area contributed by atoms with Crippen LogP contribution in [-0.2, 0) is 23.4 Å². The van der Waals surface area contributed by atoms with Crippen molar-refractivity contribution in [2.45, 2.75) is 18.7 Å². The first-order chi connectivity index (χ1) is 8.83. The molecule has 19 heavy (non-hydrogen) atoms. The first kappa shape index (κ1) is 16.7. The van der Waals surface area contributed by atoms with Crippen LogP contribution in [0.2, 0.25) is 5.02 Å². The average molecular weight is 327 g/mol. The Hall–Kier alpha value is -0.390. The van der Waals surface area contributed by atoms with Crippen molar-refractivity contribution in [1.29, 1.82) is 0 Å². The number of sulfone groups is 1. The van der Waals surface area contributed by atoms with Crippen molar-refractivity contribution in [3.63, 3.8) is 0 Å². The predicted octanol–water partition coefficient (Wildman–Crippen LogP) is 3.34. The Bertz CT molecular complexity index is 545. The van der Waals surface area contributed by atoms with E-state index in [1.54, 1.807) is 13.8 Å². The molecule has 1 aromatic rings. The summed E-state index contributed by atoms with van der Waals surface area (Å²) >= 11 is 5.70. The van der Waals surface area contributed by atoms with E-state index in [9.17, 15) is 13.0 Å². The maximum absolute atomic E-state index is 12.2. The summed E-state index contributed by atoms with van der Waals surface area (Å²) in [4.78, 5) is 0.0385. The minimum Gasteiger partial charge on any atom is -0.308 e. The van der Waals surface area contributed by atoms with Crippen LogP contribution in [0.4, 0.5) is 0 Å². The van der Waals surface area contributed by atoms with Crippen molar-refractivity contribution in [2.24, 2.45) is 0 Å². The molecule has 0 aliphatic heterocycles. The first-order valence-electron chi connectivity index (χ1n) is 5.69. The van der Waals surface area contributed by atoms with Crippen LogP contribution >= 0.6 is 19.2 Å². The normalized spacial score (nSPS) is 12.6. The van der Waals surface area contributed by atoms with Crippen LogP contribution in [-0.4, -0.2) is 27.1 Å². The van der Waals surface area contributed by atoms with Gasteiger partial charge < -0.3 is 9.05 Å². The smallest absolute Gasteiger partial charge is 0.308 e. The summed E-state index contributed by atoms with van der Waals surface area (Å²) < 4.78 is 46.4. The Kier molecular flexibility index (Phi) is 6.02. The Morgan fingerprint density at radius 1 is 1.11 bits per heavy atom. The van der Waals surface area contributed by atoms with Crippen LogP contribution in [0.25, 0.3) is 0 Å². The highest BCUT2D eigenvalue weighted by Crippen LogP contribution is 2.50. The molecule has 108 valence electrons. The van der Waals surface area contributed by atoms with Crippen LogP contribution in [0.3, 0.4) is 0 Å². The van der Waals surface area contributed by atoms with Gasteiger partial charge in [-0.15, -0.1) is 0 Å². The van der Waals surface area contributed by atoms with Gasteiger partial charge in [-0.2, -0.15) is 0 Å². The Balaban J connectivity index is 3.00. The molecule has 0 aliphatic carbocycles. The zero-order chi connectivity index (χ0) is 14.5. The third-order valence-corrected chi connectivity index (χ3v) is 7.32. The second kappa shape index (κ2) is 6.86. The van der Waals surface area contributed by atoms with Gasteiger partial charge in [0.1, 0.15) is 0 Å². The monoisotopic (exact) mass is 326 g/mol. The number of hydrogen-bond donors (Lipinski definition) is 0. The van der Waals surface area contributed by atoms with Gasteiger partial charge in [0, 0.05) is 5.02 Å². The summed E-state index contributed by atoms with van der Waals surface area (Å²) in [5.74, 6) is 0. The molecule has 8 heteroatoms. The lowest BCUT2D eigenvalue weighted by molar-refractivity contribution is 0.224. The topological polar surface area (TPSA) is 69.7 Å². The molecule has 1 rings (SSSR count). The van der Waals surface area contributed by atoms with Gasteiger partial charge in [0.25, 0.3) is 0 Å². The lowest BCUT2D eigenvalue weighted by Gasteiger charge is -2.16. The molecule has 0 unspecified atom stereocenters.